The summed E-state index contributed by atoms with van der Waals surface area (Å²) >= 11 is 0. The number of benzene rings is 1. The van der Waals surface area contributed by atoms with Crippen LogP contribution in [0.4, 0.5) is 0 Å². The Morgan fingerprint density at radius 3 is 2.50 bits per heavy atom. The summed E-state index contributed by atoms with van der Waals surface area (Å²) in [5.74, 6) is 1.41. The van der Waals surface area contributed by atoms with Crippen LogP contribution >= 0.6 is 0 Å². The second-order valence-corrected chi connectivity index (χ2v) is 4.68. The van der Waals surface area contributed by atoms with E-state index in [0.717, 1.165) is 11.3 Å². The molecule has 2 nitrogen and oxygen atoms in total. The van der Waals surface area contributed by atoms with Crippen LogP contribution in [0.3, 0.4) is 0 Å². The van der Waals surface area contributed by atoms with E-state index in [0.29, 0.717) is 12.5 Å². The Kier molecular flexibility index (Phi) is 2.76. The lowest BCUT2D eigenvalue weighted by Crippen LogP contribution is -1.96. The van der Waals surface area contributed by atoms with Gasteiger partial charge in [0.25, 0.3) is 0 Å². The molecule has 0 saturated heterocycles. The average Bonchev–Trinajstić information content (AvgIpc) is 2.57. The van der Waals surface area contributed by atoms with Crippen molar-refractivity contribution in [1.82, 2.24) is 0 Å². The Balaban J connectivity index is 2.85. The lowest BCUT2D eigenvalue weighted by atomic mass is 9.95. The van der Waals surface area contributed by atoms with Gasteiger partial charge in [-0.05, 0) is 36.5 Å². The molecule has 0 spiro atoms. The Morgan fingerprint density at radius 1 is 1.25 bits per heavy atom. The summed E-state index contributed by atoms with van der Waals surface area (Å²) in [5.41, 5.74) is 10.4. The van der Waals surface area contributed by atoms with E-state index in [9.17, 15) is 0 Å². The van der Waals surface area contributed by atoms with Gasteiger partial charge in [0.1, 0.15) is 11.3 Å². The molecule has 0 aliphatic heterocycles. The molecule has 2 rings (SSSR count). The van der Waals surface area contributed by atoms with Crippen LogP contribution in [0, 0.1) is 13.8 Å². The van der Waals surface area contributed by atoms with Crippen molar-refractivity contribution in [1.29, 1.82) is 0 Å². The van der Waals surface area contributed by atoms with Crippen molar-refractivity contribution in [3.05, 3.63) is 34.6 Å². The molecule has 0 amide bonds. The normalized spacial score (nSPS) is 11.6. The number of rotatable bonds is 2. The largest absolute Gasteiger partial charge is 0.459 e. The van der Waals surface area contributed by atoms with Gasteiger partial charge in [-0.2, -0.15) is 0 Å². The van der Waals surface area contributed by atoms with Crippen molar-refractivity contribution in [2.45, 2.75) is 40.2 Å². The summed E-state index contributed by atoms with van der Waals surface area (Å²) in [6.07, 6.45) is 0. The van der Waals surface area contributed by atoms with E-state index >= 15 is 0 Å². The summed E-state index contributed by atoms with van der Waals surface area (Å²) in [4.78, 5) is 0. The number of nitrogens with two attached hydrogens (primary N) is 1. The molecule has 2 aromatic rings. The lowest BCUT2D eigenvalue weighted by molar-refractivity contribution is 0.546. The second kappa shape index (κ2) is 3.95. The predicted octanol–water partition coefficient (Wildman–Crippen LogP) is 3.63. The molecule has 1 heterocycles. The Morgan fingerprint density at radius 2 is 1.94 bits per heavy atom. The van der Waals surface area contributed by atoms with Crippen molar-refractivity contribution < 1.29 is 4.42 Å². The molecule has 0 aliphatic carbocycles. The maximum atomic E-state index is 5.84. The fraction of sp³-hybridized carbons (Fsp3) is 0.429. The van der Waals surface area contributed by atoms with E-state index in [4.69, 9.17) is 10.2 Å². The van der Waals surface area contributed by atoms with Crippen LogP contribution in [0.5, 0.6) is 0 Å². The number of hydrogen-bond acceptors (Lipinski definition) is 2. The van der Waals surface area contributed by atoms with Gasteiger partial charge in [-0.3, -0.25) is 0 Å². The Labute approximate surface area is 96.4 Å². The van der Waals surface area contributed by atoms with Crippen molar-refractivity contribution >= 4 is 11.0 Å². The van der Waals surface area contributed by atoms with Crippen LogP contribution in [0.1, 0.15) is 42.2 Å². The van der Waals surface area contributed by atoms with Gasteiger partial charge >= 0.3 is 0 Å². The summed E-state index contributed by atoms with van der Waals surface area (Å²) in [6.45, 7) is 9.06. The predicted molar refractivity (Wildman–Crippen MR) is 67.7 cm³/mol. The van der Waals surface area contributed by atoms with Crippen LogP contribution in [0.25, 0.3) is 11.0 Å². The summed E-state index contributed by atoms with van der Waals surface area (Å²) < 4.78 is 5.84. The number of furan rings is 1. The Bertz CT molecular complexity index is 523. The van der Waals surface area contributed by atoms with Crippen molar-refractivity contribution in [2.75, 3.05) is 0 Å². The average molecular weight is 217 g/mol. The first-order valence-electron chi connectivity index (χ1n) is 5.77. The third-order valence-electron chi connectivity index (χ3n) is 3.21. The summed E-state index contributed by atoms with van der Waals surface area (Å²) in [7, 11) is 0. The molecular formula is C14H19NO. The molecule has 0 fully saturated rings. The van der Waals surface area contributed by atoms with Gasteiger partial charge in [0, 0.05) is 5.39 Å². The molecule has 0 saturated carbocycles. The third kappa shape index (κ3) is 1.54. The number of aryl methyl sites for hydroxylation is 2. The SMILES string of the molecule is Cc1ccc(C(C)C)c2c(C)c(CN)oc12. The van der Waals surface area contributed by atoms with Gasteiger partial charge in [0.2, 0.25) is 0 Å². The molecule has 1 aromatic heterocycles. The van der Waals surface area contributed by atoms with Crippen LogP contribution in [0.15, 0.2) is 16.5 Å². The minimum Gasteiger partial charge on any atom is -0.459 e. The lowest BCUT2D eigenvalue weighted by Gasteiger charge is -2.08. The molecule has 0 atom stereocenters. The van der Waals surface area contributed by atoms with E-state index in [-0.39, 0.29) is 0 Å². The zero-order valence-electron chi connectivity index (χ0n) is 10.4. The van der Waals surface area contributed by atoms with E-state index in [2.05, 4.69) is 39.8 Å². The first kappa shape index (κ1) is 11.2. The highest BCUT2D eigenvalue weighted by atomic mass is 16.3. The van der Waals surface area contributed by atoms with Crippen LogP contribution in [0.2, 0.25) is 0 Å². The molecule has 0 aliphatic rings. The van der Waals surface area contributed by atoms with Gasteiger partial charge in [0.05, 0.1) is 6.54 Å². The molecule has 16 heavy (non-hydrogen) atoms. The molecular weight excluding hydrogens is 198 g/mol. The molecule has 0 unspecified atom stereocenters. The van der Waals surface area contributed by atoms with Crippen LogP contribution < -0.4 is 5.73 Å². The molecule has 1 aromatic carbocycles. The quantitative estimate of drug-likeness (QED) is 0.834. The van der Waals surface area contributed by atoms with Crippen molar-refractivity contribution in [3.8, 4) is 0 Å². The van der Waals surface area contributed by atoms with E-state index in [1.807, 2.05) is 0 Å². The second-order valence-electron chi connectivity index (χ2n) is 4.68. The van der Waals surface area contributed by atoms with E-state index < -0.39 is 0 Å². The molecule has 0 radical (unpaired) electrons. The van der Waals surface area contributed by atoms with Crippen molar-refractivity contribution in [2.24, 2.45) is 5.73 Å². The molecule has 0 bridgehead atoms. The zero-order valence-corrected chi connectivity index (χ0v) is 10.4. The third-order valence-corrected chi connectivity index (χ3v) is 3.21. The number of fused-ring (bicyclic) bond motifs is 1. The fourth-order valence-electron chi connectivity index (χ4n) is 2.24. The maximum absolute atomic E-state index is 5.84. The minimum atomic E-state index is 0.470. The highest BCUT2D eigenvalue weighted by molar-refractivity contribution is 5.88. The molecule has 86 valence electrons. The van der Waals surface area contributed by atoms with Crippen molar-refractivity contribution in [3.63, 3.8) is 0 Å². The van der Waals surface area contributed by atoms with Gasteiger partial charge < -0.3 is 10.2 Å². The maximum Gasteiger partial charge on any atom is 0.137 e. The van der Waals surface area contributed by atoms with Crippen LogP contribution in [-0.4, -0.2) is 0 Å². The van der Waals surface area contributed by atoms with E-state index in [1.165, 1.54) is 22.1 Å². The molecule has 2 N–H and O–H groups in total. The van der Waals surface area contributed by atoms with Gasteiger partial charge in [-0.15, -0.1) is 0 Å². The number of hydrogen-bond donors (Lipinski definition) is 1. The first-order chi connectivity index (χ1) is 7.56. The fourth-order valence-corrected chi connectivity index (χ4v) is 2.24. The molecule has 2 heteroatoms. The minimum absolute atomic E-state index is 0.470. The Hall–Kier alpha value is -1.28. The first-order valence-corrected chi connectivity index (χ1v) is 5.77. The van der Waals surface area contributed by atoms with Gasteiger partial charge in [-0.1, -0.05) is 26.0 Å². The summed E-state index contributed by atoms with van der Waals surface area (Å²) in [6, 6.07) is 4.33. The smallest absolute Gasteiger partial charge is 0.137 e. The van der Waals surface area contributed by atoms with Crippen LogP contribution in [-0.2, 0) is 6.54 Å². The van der Waals surface area contributed by atoms with E-state index in [1.54, 1.807) is 0 Å². The highest BCUT2D eigenvalue weighted by Crippen LogP contribution is 2.34. The van der Waals surface area contributed by atoms with Gasteiger partial charge in [0.15, 0.2) is 0 Å². The zero-order chi connectivity index (χ0) is 11.9. The summed E-state index contributed by atoms with van der Waals surface area (Å²) in [5, 5.41) is 1.26. The topological polar surface area (TPSA) is 39.2 Å². The standard InChI is InChI=1S/C14H19NO/c1-8(2)11-6-5-9(3)14-13(11)10(4)12(7-15)16-14/h5-6,8H,7,15H2,1-4H3. The van der Waals surface area contributed by atoms with Gasteiger partial charge in [-0.25, -0.2) is 0 Å². The highest BCUT2D eigenvalue weighted by Gasteiger charge is 2.16. The monoisotopic (exact) mass is 217 g/mol.